The maximum atomic E-state index is 12.6. The van der Waals surface area contributed by atoms with Crippen molar-refractivity contribution in [2.75, 3.05) is 13.1 Å². The molecule has 0 bridgehead atoms. The van der Waals surface area contributed by atoms with Gasteiger partial charge in [0.25, 0.3) is 0 Å². The Hall–Kier alpha value is -0.570. The molecule has 0 aromatic carbocycles. The molecule has 2 fully saturated rings. The van der Waals surface area contributed by atoms with Gasteiger partial charge in [-0.15, -0.1) is 0 Å². The van der Waals surface area contributed by atoms with Crippen LogP contribution in [0.15, 0.2) is 0 Å². The first-order chi connectivity index (χ1) is 9.17. The van der Waals surface area contributed by atoms with Crippen LogP contribution in [0.1, 0.15) is 58.8 Å². The van der Waals surface area contributed by atoms with Crippen LogP contribution in [0.25, 0.3) is 0 Å². The fourth-order valence-electron chi connectivity index (χ4n) is 3.98. The van der Waals surface area contributed by atoms with E-state index in [1.165, 1.54) is 32.1 Å². The van der Waals surface area contributed by atoms with Crippen molar-refractivity contribution in [2.24, 2.45) is 23.5 Å². The van der Waals surface area contributed by atoms with Crippen LogP contribution in [0.3, 0.4) is 0 Å². The van der Waals surface area contributed by atoms with E-state index in [9.17, 15) is 4.79 Å². The van der Waals surface area contributed by atoms with Gasteiger partial charge in [-0.2, -0.15) is 0 Å². The van der Waals surface area contributed by atoms with Crippen molar-refractivity contribution in [3.8, 4) is 0 Å². The van der Waals surface area contributed by atoms with Gasteiger partial charge in [-0.3, -0.25) is 4.79 Å². The molecule has 110 valence electrons. The predicted molar refractivity (Wildman–Crippen MR) is 78.7 cm³/mol. The third kappa shape index (κ3) is 3.31. The lowest BCUT2D eigenvalue weighted by molar-refractivity contribution is -0.140. The van der Waals surface area contributed by atoms with Gasteiger partial charge in [0.15, 0.2) is 0 Å². The molecule has 1 saturated heterocycles. The molecule has 0 radical (unpaired) electrons. The van der Waals surface area contributed by atoms with Crippen LogP contribution in [-0.2, 0) is 4.79 Å². The van der Waals surface area contributed by atoms with Crippen molar-refractivity contribution >= 4 is 5.91 Å². The van der Waals surface area contributed by atoms with Crippen molar-refractivity contribution in [2.45, 2.75) is 64.8 Å². The Kier molecular flexibility index (Phi) is 5.26. The number of nitrogens with two attached hydrogens (primary N) is 1. The lowest BCUT2D eigenvalue weighted by Gasteiger charge is -2.47. The zero-order valence-corrected chi connectivity index (χ0v) is 12.6. The lowest BCUT2D eigenvalue weighted by atomic mass is 9.72. The topological polar surface area (TPSA) is 46.3 Å². The van der Waals surface area contributed by atoms with Gasteiger partial charge in [-0.05, 0) is 43.6 Å². The van der Waals surface area contributed by atoms with Gasteiger partial charge in [0.2, 0.25) is 5.91 Å². The summed E-state index contributed by atoms with van der Waals surface area (Å²) in [5.74, 6) is 2.28. The normalized spacial score (nSPS) is 32.8. The van der Waals surface area contributed by atoms with Gasteiger partial charge in [0.05, 0.1) is 0 Å². The van der Waals surface area contributed by atoms with Crippen molar-refractivity contribution < 1.29 is 4.79 Å². The number of hydrogen-bond donors (Lipinski definition) is 1. The second-order valence-corrected chi connectivity index (χ2v) is 6.58. The van der Waals surface area contributed by atoms with Gasteiger partial charge < -0.3 is 10.6 Å². The Morgan fingerprint density at radius 1 is 1.32 bits per heavy atom. The molecule has 1 aliphatic heterocycles. The van der Waals surface area contributed by atoms with E-state index in [-0.39, 0.29) is 0 Å². The maximum absolute atomic E-state index is 12.6. The number of carbonyl (C=O) groups excluding carboxylic acids is 1. The van der Waals surface area contributed by atoms with Crippen LogP contribution in [0.5, 0.6) is 0 Å². The van der Waals surface area contributed by atoms with Gasteiger partial charge in [0, 0.05) is 19.0 Å². The zero-order valence-electron chi connectivity index (χ0n) is 12.6. The van der Waals surface area contributed by atoms with Crippen LogP contribution in [0, 0.1) is 17.8 Å². The molecule has 2 N–H and O–H groups in total. The van der Waals surface area contributed by atoms with Crippen LogP contribution in [0.4, 0.5) is 0 Å². The van der Waals surface area contributed by atoms with E-state index in [1.807, 2.05) is 0 Å². The highest BCUT2D eigenvalue weighted by atomic mass is 16.2. The number of amides is 1. The summed E-state index contributed by atoms with van der Waals surface area (Å²) in [4.78, 5) is 14.8. The average molecular weight is 266 g/mol. The van der Waals surface area contributed by atoms with E-state index in [1.54, 1.807) is 0 Å². The third-order valence-electron chi connectivity index (χ3n) is 5.43. The summed E-state index contributed by atoms with van der Waals surface area (Å²) in [6.07, 6.45) is 8.06. The summed E-state index contributed by atoms with van der Waals surface area (Å²) < 4.78 is 0. The van der Waals surface area contributed by atoms with Crippen molar-refractivity contribution in [3.63, 3.8) is 0 Å². The molecule has 0 aromatic heterocycles. The van der Waals surface area contributed by atoms with Crippen LogP contribution in [-0.4, -0.2) is 29.9 Å². The molecule has 1 amide bonds. The molecule has 19 heavy (non-hydrogen) atoms. The Morgan fingerprint density at radius 2 is 2.05 bits per heavy atom. The summed E-state index contributed by atoms with van der Waals surface area (Å²) >= 11 is 0. The first kappa shape index (κ1) is 14.8. The SMILES string of the molecule is CCC(CN)CC(=O)N1CCC(C)C2CCCCC21. The number of likely N-dealkylation sites (tertiary alicyclic amines) is 1. The van der Waals surface area contributed by atoms with E-state index in [0.29, 0.717) is 30.8 Å². The number of fused-ring (bicyclic) bond motifs is 1. The molecule has 4 atom stereocenters. The summed E-state index contributed by atoms with van der Waals surface area (Å²) in [5, 5.41) is 0. The monoisotopic (exact) mass is 266 g/mol. The maximum Gasteiger partial charge on any atom is 0.223 e. The predicted octanol–water partition coefficient (Wildman–Crippen LogP) is 2.79. The molecule has 4 unspecified atom stereocenters. The van der Waals surface area contributed by atoms with Gasteiger partial charge >= 0.3 is 0 Å². The Bertz CT molecular complexity index is 301. The molecule has 1 saturated carbocycles. The zero-order chi connectivity index (χ0) is 13.8. The Balaban J connectivity index is 2.00. The molecule has 2 aliphatic rings. The first-order valence-electron chi connectivity index (χ1n) is 8.16. The summed E-state index contributed by atoms with van der Waals surface area (Å²) in [5.41, 5.74) is 5.74. The van der Waals surface area contributed by atoms with Crippen LogP contribution in [0.2, 0.25) is 0 Å². The van der Waals surface area contributed by atoms with E-state index >= 15 is 0 Å². The minimum absolute atomic E-state index is 0.362. The van der Waals surface area contributed by atoms with Crippen molar-refractivity contribution in [1.82, 2.24) is 4.90 Å². The molecule has 1 heterocycles. The Morgan fingerprint density at radius 3 is 2.74 bits per heavy atom. The van der Waals surface area contributed by atoms with E-state index < -0.39 is 0 Å². The van der Waals surface area contributed by atoms with E-state index in [2.05, 4.69) is 18.7 Å². The fraction of sp³-hybridized carbons (Fsp3) is 0.938. The second-order valence-electron chi connectivity index (χ2n) is 6.58. The average Bonchev–Trinajstić information content (AvgIpc) is 2.45. The summed E-state index contributed by atoms with van der Waals surface area (Å²) in [6.45, 7) is 6.12. The first-order valence-corrected chi connectivity index (χ1v) is 8.16. The molecular formula is C16H30N2O. The quantitative estimate of drug-likeness (QED) is 0.850. The van der Waals surface area contributed by atoms with E-state index in [4.69, 9.17) is 5.73 Å². The van der Waals surface area contributed by atoms with Gasteiger partial charge in [-0.25, -0.2) is 0 Å². The molecule has 0 spiro atoms. The summed E-state index contributed by atoms with van der Waals surface area (Å²) in [7, 11) is 0. The van der Waals surface area contributed by atoms with Crippen LogP contribution < -0.4 is 5.73 Å². The smallest absolute Gasteiger partial charge is 0.223 e. The highest BCUT2D eigenvalue weighted by Crippen LogP contribution is 2.39. The number of rotatable bonds is 4. The molecular weight excluding hydrogens is 236 g/mol. The Labute approximate surface area is 117 Å². The molecule has 1 aliphatic carbocycles. The van der Waals surface area contributed by atoms with Crippen molar-refractivity contribution in [1.29, 1.82) is 0 Å². The van der Waals surface area contributed by atoms with E-state index in [0.717, 1.165) is 24.8 Å². The number of carbonyl (C=O) groups is 1. The largest absolute Gasteiger partial charge is 0.339 e. The molecule has 3 nitrogen and oxygen atoms in total. The van der Waals surface area contributed by atoms with Crippen LogP contribution >= 0.6 is 0 Å². The lowest BCUT2D eigenvalue weighted by Crippen LogP contribution is -2.52. The number of piperidine rings is 1. The minimum atomic E-state index is 0.362. The highest BCUT2D eigenvalue weighted by molar-refractivity contribution is 5.77. The second kappa shape index (κ2) is 6.74. The third-order valence-corrected chi connectivity index (χ3v) is 5.43. The minimum Gasteiger partial charge on any atom is -0.339 e. The standard InChI is InChI=1S/C16H30N2O/c1-3-13(11-17)10-16(19)18-9-8-12(2)14-6-4-5-7-15(14)18/h12-15H,3-11,17H2,1-2H3. The molecule has 0 aromatic rings. The number of hydrogen-bond acceptors (Lipinski definition) is 2. The van der Waals surface area contributed by atoms with Crippen molar-refractivity contribution in [3.05, 3.63) is 0 Å². The van der Waals surface area contributed by atoms with Gasteiger partial charge in [-0.1, -0.05) is 33.1 Å². The fourth-order valence-corrected chi connectivity index (χ4v) is 3.98. The van der Waals surface area contributed by atoms with Gasteiger partial charge in [0.1, 0.15) is 0 Å². The highest BCUT2D eigenvalue weighted by Gasteiger charge is 2.39. The molecule has 3 heteroatoms. The summed E-state index contributed by atoms with van der Waals surface area (Å²) in [6, 6.07) is 0.528. The number of nitrogens with zero attached hydrogens (tertiary/aromatic N) is 1. The molecule has 2 rings (SSSR count).